The van der Waals surface area contributed by atoms with Crippen LogP contribution in [-0.4, -0.2) is 38.2 Å². The minimum Gasteiger partial charge on any atom is -0.493 e. The molecule has 1 aliphatic heterocycles. The standard InChI is InChI=1S/C28H36N2O4/c1-4-12-22(21-13-8-9-14-24(21)30-17-10-7-11-18-30)26(27(29)31)20-15-16-23(28(32)34-6-3)25(19-20)33-5-2/h4,8-9,13-16,19,22,26H,1,5-7,10-12,17-18H2,2-3H3,(H2,29,31). The van der Waals surface area contributed by atoms with Crippen molar-refractivity contribution in [3.05, 3.63) is 71.8 Å². The molecule has 34 heavy (non-hydrogen) atoms. The molecule has 0 radical (unpaired) electrons. The molecule has 0 saturated carbocycles. The number of hydrogen-bond donors (Lipinski definition) is 1. The van der Waals surface area contributed by atoms with Crippen molar-refractivity contribution in [2.24, 2.45) is 5.73 Å². The molecule has 0 aromatic heterocycles. The van der Waals surface area contributed by atoms with Crippen LogP contribution in [0.1, 0.15) is 72.9 Å². The summed E-state index contributed by atoms with van der Waals surface area (Å²) in [5.74, 6) is -1.29. The molecule has 1 fully saturated rings. The highest BCUT2D eigenvalue weighted by molar-refractivity contribution is 5.93. The van der Waals surface area contributed by atoms with Gasteiger partial charge in [-0.15, -0.1) is 6.58 Å². The third-order valence-electron chi connectivity index (χ3n) is 6.32. The third-order valence-corrected chi connectivity index (χ3v) is 6.32. The van der Waals surface area contributed by atoms with Crippen molar-refractivity contribution in [1.82, 2.24) is 0 Å². The molecule has 6 heteroatoms. The Morgan fingerprint density at radius 1 is 1.09 bits per heavy atom. The summed E-state index contributed by atoms with van der Waals surface area (Å²) in [5, 5.41) is 0. The molecule has 2 atom stereocenters. The normalized spacial score (nSPS) is 15.3. The van der Waals surface area contributed by atoms with Gasteiger partial charge in [0.05, 0.1) is 19.1 Å². The first kappa shape index (κ1) is 25.3. The van der Waals surface area contributed by atoms with Crippen molar-refractivity contribution >= 4 is 17.6 Å². The maximum Gasteiger partial charge on any atom is 0.341 e. The topological polar surface area (TPSA) is 81.9 Å². The molecule has 1 saturated heterocycles. The van der Waals surface area contributed by atoms with Crippen molar-refractivity contribution in [2.75, 3.05) is 31.2 Å². The van der Waals surface area contributed by atoms with E-state index >= 15 is 0 Å². The average Bonchev–Trinajstić information content (AvgIpc) is 2.84. The van der Waals surface area contributed by atoms with Crippen LogP contribution >= 0.6 is 0 Å². The molecular weight excluding hydrogens is 428 g/mol. The van der Waals surface area contributed by atoms with Gasteiger partial charge >= 0.3 is 5.97 Å². The fourth-order valence-electron chi connectivity index (χ4n) is 4.83. The molecule has 0 spiro atoms. The van der Waals surface area contributed by atoms with Gasteiger partial charge in [-0.1, -0.05) is 30.3 Å². The lowest BCUT2D eigenvalue weighted by Crippen LogP contribution is -2.32. The molecule has 2 N–H and O–H groups in total. The van der Waals surface area contributed by atoms with Gasteiger partial charge in [-0.25, -0.2) is 4.79 Å². The van der Waals surface area contributed by atoms with E-state index in [2.05, 4.69) is 23.6 Å². The first-order valence-electron chi connectivity index (χ1n) is 12.2. The van der Waals surface area contributed by atoms with Gasteiger partial charge in [0.1, 0.15) is 11.3 Å². The zero-order valence-electron chi connectivity index (χ0n) is 20.3. The Balaban J connectivity index is 2.08. The van der Waals surface area contributed by atoms with E-state index in [1.54, 1.807) is 25.1 Å². The van der Waals surface area contributed by atoms with Crippen molar-refractivity contribution in [3.63, 3.8) is 0 Å². The predicted molar refractivity (Wildman–Crippen MR) is 136 cm³/mol. The van der Waals surface area contributed by atoms with E-state index < -0.39 is 17.8 Å². The number of hydrogen-bond acceptors (Lipinski definition) is 5. The zero-order chi connectivity index (χ0) is 24.5. The number of ether oxygens (including phenoxy) is 2. The number of allylic oxidation sites excluding steroid dienone is 1. The Kier molecular flexibility index (Phi) is 9.14. The van der Waals surface area contributed by atoms with Crippen LogP contribution in [0.15, 0.2) is 55.1 Å². The highest BCUT2D eigenvalue weighted by atomic mass is 16.5. The number of nitrogens with two attached hydrogens (primary N) is 1. The summed E-state index contributed by atoms with van der Waals surface area (Å²) in [4.78, 5) is 27.7. The van der Waals surface area contributed by atoms with Crippen LogP contribution in [0.25, 0.3) is 0 Å². The molecule has 2 unspecified atom stereocenters. The van der Waals surface area contributed by atoms with Gasteiger partial charge in [-0.05, 0) is 68.9 Å². The Morgan fingerprint density at radius 3 is 2.47 bits per heavy atom. The van der Waals surface area contributed by atoms with E-state index in [4.69, 9.17) is 15.2 Å². The molecule has 2 aromatic rings. The lowest BCUT2D eigenvalue weighted by atomic mass is 9.77. The van der Waals surface area contributed by atoms with E-state index in [0.717, 1.165) is 37.2 Å². The number of rotatable bonds is 11. The number of carbonyl (C=O) groups excluding carboxylic acids is 2. The largest absolute Gasteiger partial charge is 0.493 e. The average molecular weight is 465 g/mol. The highest BCUT2D eigenvalue weighted by Crippen LogP contribution is 2.42. The SMILES string of the molecule is C=CCC(c1ccccc1N1CCCCC1)C(C(N)=O)c1ccc(C(=O)OCC)c(OCC)c1. The second-order valence-corrected chi connectivity index (χ2v) is 8.53. The van der Waals surface area contributed by atoms with E-state index in [9.17, 15) is 9.59 Å². The number of primary amides is 1. The molecule has 1 amide bonds. The minimum absolute atomic E-state index is 0.198. The maximum absolute atomic E-state index is 12.9. The summed E-state index contributed by atoms with van der Waals surface area (Å²) < 4.78 is 10.9. The van der Waals surface area contributed by atoms with Crippen molar-refractivity contribution in [2.45, 2.75) is 51.4 Å². The molecule has 0 aliphatic carbocycles. The van der Waals surface area contributed by atoms with Crippen LogP contribution < -0.4 is 15.4 Å². The minimum atomic E-state index is -0.612. The summed E-state index contributed by atoms with van der Waals surface area (Å²) in [6.45, 7) is 10.2. The zero-order valence-corrected chi connectivity index (χ0v) is 20.3. The van der Waals surface area contributed by atoms with Crippen LogP contribution in [0.3, 0.4) is 0 Å². The van der Waals surface area contributed by atoms with Gasteiger partial charge < -0.3 is 20.1 Å². The number of carbonyl (C=O) groups is 2. The van der Waals surface area contributed by atoms with Crippen LogP contribution in [-0.2, 0) is 9.53 Å². The van der Waals surface area contributed by atoms with Gasteiger partial charge in [0.15, 0.2) is 0 Å². The number of nitrogens with zero attached hydrogens (tertiary/aromatic N) is 1. The van der Waals surface area contributed by atoms with Crippen LogP contribution in [0.2, 0.25) is 0 Å². The van der Waals surface area contributed by atoms with Crippen LogP contribution in [0, 0.1) is 0 Å². The van der Waals surface area contributed by atoms with Crippen molar-refractivity contribution in [3.8, 4) is 5.75 Å². The number of esters is 1. The smallest absolute Gasteiger partial charge is 0.341 e. The fourth-order valence-corrected chi connectivity index (χ4v) is 4.83. The second kappa shape index (κ2) is 12.3. The quantitative estimate of drug-likeness (QED) is 0.366. The van der Waals surface area contributed by atoms with Gasteiger partial charge in [0.2, 0.25) is 5.91 Å². The third kappa shape index (κ3) is 5.79. The molecule has 2 aromatic carbocycles. The number of anilines is 1. The number of amides is 1. The van der Waals surface area contributed by atoms with Crippen LogP contribution in [0.4, 0.5) is 5.69 Å². The summed E-state index contributed by atoms with van der Waals surface area (Å²) in [7, 11) is 0. The Morgan fingerprint density at radius 2 is 1.82 bits per heavy atom. The molecule has 0 bridgehead atoms. The number of piperidine rings is 1. The maximum atomic E-state index is 12.9. The van der Waals surface area contributed by atoms with Crippen LogP contribution in [0.5, 0.6) is 5.75 Å². The first-order chi connectivity index (χ1) is 16.5. The Labute approximate surface area is 202 Å². The second-order valence-electron chi connectivity index (χ2n) is 8.53. The fraction of sp³-hybridized carbons (Fsp3) is 0.429. The molecule has 6 nitrogen and oxygen atoms in total. The van der Waals surface area contributed by atoms with Gasteiger partial charge in [0, 0.05) is 24.7 Å². The van der Waals surface area contributed by atoms with E-state index in [1.165, 1.54) is 6.42 Å². The summed E-state index contributed by atoms with van der Waals surface area (Å²) >= 11 is 0. The lowest BCUT2D eigenvalue weighted by Gasteiger charge is -2.34. The highest BCUT2D eigenvalue weighted by Gasteiger charge is 2.32. The first-order valence-corrected chi connectivity index (χ1v) is 12.2. The molecule has 1 aliphatic rings. The van der Waals surface area contributed by atoms with Gasteiger partial charge in [-0.2, -0.15) is 0 Å². The Hall–Kier alpha value is -3.28. The number of benzene rings is 2. The molecule has 1 heterocycles. The molecule has 182 valence electrons. The summed E-state index contributed by atoms with van der Waals surface area (Å²) in [6.07, 6.45) is 5.98. The Bertz CT molecular complexity index is 998. The monoisotopic (exact) mass is 464 g/mol. The van der Waals surface area contributed by atoms with Crippen molar-refractivity contribution in [1.29, 1.82) is 0 Å². The van der Waals surface area contributed by atoms with Gasteiger partial charge in [0.25, 0.3) is 0 Å². The van der Waals surface area contributed by atoms with E-state index in [1.807, 2.05) is 25.1 Å². The van der Waals surface area contributed by atoms with E-state index in [0.29, 0.717) is 29.9 Å². The molecular formula is C28H36N2O4. The predicted octanol–water partition coefficient (Wildman–Crippen LogP) is 5.18. The van der Waals surface area contributed by atoms with Crippen molar-refractivity contribution < 1.29 is 19.1 Å². The van der Waals surface area contributed by atoms with Gasteiger partial charge in [-0.3, -0.25) is 4.79 Å². The lowest BCUT2D eigenvalue weighted by molar-refractivity contribution is -0.119. The number of para-hydroxylation sites is 1. The summed E-state index contributed by atoms with van der Waals surface area (Å²) in [6, 6.07) is 13.5. The summed E-state index contributed by atoms with van der Waals surface area (Å²) in [5.41, 5.74) is 9.30. The molecule has 3 rings (SSSR count). The van der Waals surface area contributed by atoms with E-state index in [-0.39, 0.29) is 12.5 Å².